The summed E-state index contributed by atoms with van der Waals surface area (Å²) in [5.74, 6) is 0.738. The van der Waals surface area contributed by atoms with Gasteiger partial charge in [-0.2, -0.15) is 0 Å². The van der Waals surface area contributed by atoms with Crippen molar-refractivity contribution in [2.24, 2.45) is 5.92 Å². The van der Waals surface area contributed by atoms with Gasteiger partial charge in [-0.3, -0.25) is 0 Å². The van der Waals surface area contributed by atoms with Crippen LogP contribution >= 0.6 is 0 Å². The number of nitrogens with zero attached hydrogens (tertiary/aromatic N) is 2. The van der Waals surface area contributed by atoms with Crippen molar-refractivity contribution in [2.45, 2.75) is 66.1 Å². The molecular weight excluding hydrogens is 210 g/mol. The summed E-state index contributed by atoms with van der Waals surface area (Å²) < 4.78 is 2.33. The van der Waals surface area contributed by atoms with Crippen LogP contribution in [0, 0.1) is 5.92 Å². The molecule has 0 saturated heterocycles. The maximum Gasteiger partial charge on any atom is 0.0951 e. The largest absolute Gasteiger partial charge is 0.330 e. The van der Waals surface area contributed by atoms with Crippen molar-refractivity contribution >= 4 is 0 Å². The monoisotopic (exact) mass is 237 g/mol. The van der Waals surface area contributed by atoms with E-state index < -0.39 is 0 Å². The summed E-state index contributed by atoms with van der Waals surface area (Å²) in [6.45, 7) is 12.1. The summed E-state index contributed by atoms with van der Waals surface area (Å²) in [4.78, 5) is 4.30. The molecule has 0 spiro atoms. The molecule has 0 bridgehead atoms. The van der Waals surface area contributed by atoms with Crippen molar-refractivity contribution in [2.75, 3.05) is 0 Å². The lowest BCUT2D eigenvalue weighted by Crippen LogP contribution is -2.25. The van der Waals surface area contributed by atoms with Crippen LogP contribution in [0.4, 0.5) is 0 Å². The minimum Gasteiger partial charge on any atom is -0.330 e. The number of aromatic nitrogens is 2. The van der Waals surface area contributed by atoms with Crippen LogP contribution in [0.25, 0.3) is 0 Å². The van der Waals surface area contributed by atoms with Gasteiger partial charge in [0.1, 0.15) is 0 Å². The molecule has 1 aromatic rings. The molecule has 0 fully saturated rings. The van der Waals surface area contributed by atoms with Gasteiger partial charge in [0.2, 0.25) is 0 Å². The van der Waals surface area contributed by atoms with Crippen molar-refractivity contribution < 1.29 is 0 Å². The van der Waals surface area contributed by atoms with E-state index in [-0.39, 0.29) is 0 Å². The van der Waals surface area contributed by atoms with Gasteiger partial charge in [0, 0.05) is 24.8 Å². The Kier molecular flexibility index (Phi) is 5.69. The Labute approximate surface area is 106 Å². The smallest absolute Gasteiger partial charge is 0.0951 e. The first-order valence-corrected chi connectivity index (χ1v) is 6.84. The molecule has 1 unspecified atom stereocenters. The van der Waals surface area contributed by atoms with Gasteiger partial charge in [-0.1, -0.05) is 40.5 Å². The average Bonchev–Trinajstić information content (AvgIpc) is 2.75. The minimum absolute atomic E-state index is 0.516. The molecule has 1 atom stereocenters. The highest BCUT2D eigenvalue weighted by Crippen LogP contribution is 2.25. The fourth-order valence-electron chi connectivity index (χ4n) is 2.34. The van der Waals surface area contributed by atoms with Crippen molar-refractivity contribution in [3.05, 3.63) is 18.2 Å². The van der Waals surface area contributed by atoms with E-state index >= 15 is 0 Å². The quantitative estimate of drug-likeness (QED) is 0.788. The van der Waals surface area contributed by atoms with E-state index in [9.17, 15) is 0 Å². The summed E-state index contributed by atoms with van der Waals surface area (Å²) in [5, 5.41) is 3.46. The first kappa shape index (κ1) is 14.2. The molecule has 3 nitrogen and oxygen atoms in total. The van der Waals surface area contributed by atoms with Crippen LogP contribution in [-0.2, 0) is 6.54 Å². The van der Waals surface area contributed by atoms with Gasteiger partial charge < -0.3 is 9.88 Å². The molecule has 17 heavy (non-hydrogen) atoms. The predicted octanol–water partition coefficient (Wildman–Crippen LogP) is 3.38. The van der Waals surface area contributed by atoms with Gasteiger partial charge in [-0.05, 0) is 12.8 Å². The minimum atomic E-state index is 0.516. The molecule has 1 rings (SSSR count). The Morgan fingerprint density at radius 1 is 1.24 bits per heavy atom. The lowest BCUT2D eigenvalue weighted by molar-refractivity contribution is 0.324. The first-order chi connectivity index (χ1) is 8.10. The van der Waals surface area contributed by atoms with Gasteiger partial charge in [-0.25, -0.2) is 4.98 Å². The molecule has 0 radical (unpaired) electrons. The van der Waals surface area contributed by atoms with Gasteiger partial charge >= 0.3 is 0 Å². The Bertz CT molecular complexity index is 313. The van der Waals surface area contributed by atoms with Crippen LogP contribution < -0.4 is 5.32 Å². The second kappa shape index (κ2) is 6.80. The van der Waals surface area contributed by atoms with Gasteiger partial charge in [-0.15, -0.1) is 0 Å². The maximum atomic E-state index is 4.30. The molecule has 0 aliphatic heterocycles. The van der Waals surface area contributed by atoms with E-state index in [0.717, 1.165) is 12.5 Å². The molecule has 1 aromatic heterocycles. The van der Waals surface area contributed by atoms with Crippen LogP contribution in [0.1, 0.15) is 59.2 Å². The van der Waals surface area contributed by atoms with Crippen LogP contribution in [0.15, 0.2) is 12.5 Å². The molecule has 1 N–H and O–H groups in total. The van der Waals surface area contributed by atoms with Crippen molar-refractivity contribution in [1.82, 2.24) is 14.9 Å². The summed E-state index contributed by atoms with van der Waals surface area (Å²) in [5.41, 5.74) is 1.29. The van der Waals surface area contributed by atoms with E-state index in [0.29, 0.717) is 12.1 Å². The maximum absolute atomic E-state index is 4.30. The molecule has 0 aromatic carbocycles. The van der Waals surface area contributed by atoms with Crippen molar-refractivity contribution in [3.8, 4) is 0 Å². The van der Waals surface area contributed by atoms with Gasteiger partial charge in [0.15, 0.2) is 0 Å². The van der Waals surface area contributed by atoms with Gasteiger partial charge in [0.05, 0.1) is 12.0 Å². The third-order valence-corrected chi connectivity index (χ3v) is 3.61. The zero-order valence-electron chi connectivity index (χ0n) is 11.9. The molecule has 0 saturated carbocycles. The van der Waals surface area contributed by atoms with Crippen LogP contribution in [-0.4, -0.2) is 15.6 Å². The SMILES string of the molecule is CCC(CC)C(C)n1cncc1CNC(C)C. The van der Waals surface area contributed by atoms with E-state index in [1.54, 1.807) is 0 Å². The Morgan fingerprint density at radius 3 is 2.41 bits per heavy atom. The summed E-state index contributed by atoms with van der Waals surface area (Å²) in [7, 11) is 0. The van der Waals surface area contributed by atoms with E-state index in [2.05, 4.69) is 49.5 Å². The summed E-state index contributed by atoms with van der Waals surface area (Å²) in [6, 6.07) is 1.05. The molecule has 0 aliphatic rings. The highest BCUT2D eigenvalue weighted by atomic mass is 15.1. The van der Waals surface area contributed by atoms with Crippen LogP contribution in [0.2, 0.25) is 0 Å². The second-order valence-corrected chi connectivity index (χ2v) is 5.15. The number of hydrogen-bond acceptors (Lipinski definition) is 2. The van der Waals surface area contributed by atoms with Crippen molar-refractivity contribution in [3.63, 3.8) is 0 Å². The number of imidazole rings is 1. The van der Waals surface area contributed by atoms with Gasteiger partial charge in [0.25, 0.3) is 0 Å². The van der Waals surface area contributed by atoms with Crippen LogP contribution in [0.3, 0.4) is 0 Å². The van der Waals surface area contributed by atoms with E-state index in [1.807, 2.05) is 12.5 Å². The molecule has 0 aliphatic carbocycles. The Hall–Kier alpha value is -0.830. The zero-order chi connectivity index (χ0) is 12.8. The normalized spacial score (nSPS) is 13.6. The first-order valence-electron chi connectivity index (χ1n) is 6.84. The zero-order valence-corrected chi connectivity index (χ0v) is 11.9. The van der Waals surface area contributed by atoms with Crippen LogP contribution in [0.5, 0.6) is 0 Å². The second-order valence-electron chi connectivity index (χ2n) is 5.15. The molecule has 0 amide bonds. The summed E-state index contributed by atoms with van der Waals surface area (Å²) >= 11 is 0. The standard InChI is InChI=1S/C14H27N3/c1-6-13(7-2)12(5)17-10-15-8-14(17)9-16-11(3)4/h8,10-13,16H,6-7,9H2,1-5H3. The van der Waals surface area contributed by atoms with E-state index in [1.165, 1.54) is 18.5 Å². The number of rotatable bonds is 7. The third kappa shape index (κ3) is 3.84. The molecule has 1 heterocycles. The third-order valence-electron chi connectivity index (χ3n) is 3.61. The molecule has 3 heteroatoms. The lowest BCUT2D eigenvalue weighted by atomic mass is 9.95. The Balaban J connectivity index is 2.73. The summed E-state index contributed by atoms with van der Waals surface area (Å²) in [6.07, 6.45) is 6.41. The predicted molar refractivity (Wildman–Crippen MR) is 73.0 cm³/mol. The molecule has 98 valence electrons. The van der Waals surface area contributed by atoms with E-state index in [4.69, 9.17) is 0 Å². The average molecular weight is 237 g/mol. The Morgan fingerprint density at radius 2 is 1.88 bits per heavy atom. The molecular formula is C14H27N3. The van der Waals surface area contributed by atoms with Crippen molar-refractivity contribution in [1.29, 1.82) is 0 Å². The highest BCUT2D eigenvalue weighted by Gasteiger charge is 2.17. The number of nitrogens with one attached hydrogen (secondary N) is 1. The topological polar surface area (TPSA) is 29.9 Å². The fraction of sp³-hybridized carbons (Fsp3) is 0.786. The lowest BCUT2D eigenvalue weighted by Gasteiger charge is -2.25. The number of hydrogen-bond donors (Lipinski definition) is 1. The fourth-order valence-corrected chi connectivity index (χ4v) is 2.34. The highest BCUT2D eigenvalue weighted by molar-refractivity contribution is 5.00.